The summed E-state index contributed by atoms with van der Waals surface area (Å²) in [4.78, 5) is 20.5. The molecule has 4 nitrogen and oxygen atoms in total. The van der Waals surface area contributed by atoms with E-state index in [2.05, 4.69) is 20.8 Å². The molecular weight excluding hydrogens is 219 g/mol. The minimum absolute atomic E-state index is 0.399. The Morgan fingerprint density at radius 1 is 0.706 bits per heavy atom. The molecule has 0 atom stereocenters. The fourth-order valence-corrected chi connectivity index (χ4v) is 1.14. The highest BCUT2D eigenvalue weighted by Crippen LogP contribution is 2.06. The second-order valence-corrected chi connectivity index (χ2v) is 4.12. The van der Waals surface area contributed by atoms with Crippen LogP contribution < -0.4 is 0 Å². The zero-order valence-corrected chi connectivity index (χ0v) is 11.6. The minimum Gasteiger partial charge on any atom is -0.261 e. The Labute approximate surface area is 106 Å². The van der Waals surface area contributed by atoms with Crippen LogP contribution in [-0.2, 0) is 19.4 Å². The zero-order chi connectivity index (χ0) is 12.8. The molecule has 102 valence electrons. The van der Waals surface area contributed by atoms with E-state index in [4.69, 9.17) is 19.4 Å². The Morgan fingerprint density at radius 2 is 1.18 bits per heavy atom. The van der Waals surface area contributed by atoms with Crippen LogP contribution in [0.2, 0.25) is 6.32 Å². The van der Waals surface area contributed by atoms with Gasteiger partial charge in [0.25, 0.3) is 0 Å². The zero-order valence-electron chi connectivity index (χ0n) is 11.6. The fourth-order valence-electron chi connectivity index (χ4n) is 1.14. The van der Waals surface area contributed by atoms with Crippen molar-refractivity contribution < 1.29 is 19.4 Å². The molecule has 0 radical (unpaired) electrons. The molecule has 5 heteroatoms. The molecule has 0 saturated heterocycles. The van der Waals surface area contributed by atoms with E-state index in [1.165, 1.54) is 0 Å². The van der Waals surface area contributed by atoms with Crippen LogP contribution in [0.5, 0.6) is 0 Å². The minimum atomic E-state index is -0.399. The summed E-state index contributed by atoms with van der Waals surface area (Å²) >= 11 is 0. The van der Waals surface area contributed by atoms with Crippen molar-refractivity contribution in [3.05, 3.63) is 0 Å². The second-order valence-electron chi connectivity index (χ2n) is 4.12. The van der Waals surface area contributed by atoms with Crippen LogP contribution >= 0.6 is 0 Å². The van der Waals surface area contributed by atoms with Gasteiger partial charge in [0.05, 0.1) is 13.2 Å². The summed E-state index contributed by atoms with van der Waals surface area (Å²) in [6.07, 6.45) is 7.13. The normalized spacial score (nSPS) is 10.8. The lowest BCUT2D eigenvalue weighted by Gasteiger charge is -2.12. The van der Waals surface area contributed by atoms with Crippen molar-refractivity contribution >= 4 is 7.12 Å². The van der Waals surface area contributed by atoms with Gasteiger partial charge in [-0.2, -0.15) is 0 Å². The van der Waals surface area contributed by atoms with Crippen LogP contribution in [0.1, 0.15) is 59.3 Å². The third-order valence-electron chi connectivity index (χ3n) is 2.31. The third kappa shape index (κ3) is 12.2. The highest BCUT2D eigenvalue weighted by atomic mass is 17.3. The highest BCUT2D eigenvalue weighted by molar-refractivity contribution is 6.43. The molecule has 0 aromatic carbocycles. The Kier molecular flexibility index (Phi) is 13.9. The van der Waals surface area contributed by atoms with Crippen molar-refractivity contribution in [2.75, 3.05) is 13.2 Å². The van der Waals surface area contributed by atoms with E-state index >= 15 is 0 Å². The third-order valence-corrected chi connectivity index (χ3v) is 2.31. The first-order valence-electron chi connectivity index (χ1n) is 6.91. The summed E-state index contributed by atoms with van der Waals surface area (Å²) in [7, 11) is -0.399. The maximum atomic E-state index is 5.18. The van der Waals surface area contributed by atoms with Gasteiger partial charge in [-0.15, -0.1) is 0 Å². The summed E-state index contributed by atoms with van der Waals surface area (Å²) in [5.74, 6) is 0. The first-order chi connectivity index (χ1) is 8.35. The van der Waals surface area contributed by atoms with E-state index in [0.717, 1.165) is 44.8 Å². The first-order valence-corrected chi connectivity index (χ1v) is 6.91. The van der Waals surface area contributed by atoms with E-state index in [0.29, 0.717) is 13.2 Å². The number of hydrogen-bond acceptors (Lipinski definition) is 4. The van der Waals surface area contributed by atoms with E-state index in [1.54, 1.807) is 0 Å². The molecular formula is C12H27BO4. The van der Waals surface area contributed by atoms with Crippen LogP contribution in [0.4, 0.5) is 0 Å². The van der Waals surface area contributed by atoms with Crippen LogP contribution in [0, 0.1) is 0 Å². The van der Waals surface area contributed by atoms with Gasteiger partial charge in [0, 0.05) is 0 Å². The van der Waals surface area contributed by atoms with Crippen molar-refractivity contribution in [2.24, 2.45) is 0 Å². The molecule has 0 aliphatic rings. The van der Waals surface area contributed by atoms with Gasteiger partial charge >= 0.3 is 7.12 Å². The average Bonchev–Trinajstić information content (AvgIpc) is 2.35. The molecule has 0 aliphatic carbocycles. The number of unbranched alkanes of at least 4 members (excludes halogenated alkanes) is 3. The first kappa shape index (κ1) is 16.9. The molecule has 0 aromatic heterocycles. The van der Waals surface area contributed by atoms with Crippen molar-refractivity contribution in [1.29, 1.82) is 0 Å². The molecule has 0 N–H and O–H groups in total. The van der Waals surface area contributed by atoms with Crippen LogP contribution in [0.25, 0.3) is 0 Å². The van der Waals surface area contributed by atoms with E-state index in [-0.39, 0.29) is 0 Å². The van der Waals surface area contributed by atoms with Crippen LogP contribution in [-0.4, -0.2) is 20.3 Å². The standard InChI is InChI=1S/C12H27BO4/c1-4-7-10-13(16-14-11-8-5-2)17-15-12-9-6-3/h4-12H2,1-3H3. The highest BCUT2D eigenvalue weighted by Gasteiger charge is 2.20. The van der Waals surface area contributed by atoms with Crippen molar-refractivity contribution in [3.8, 4) is 0 Å². The second kappa shape index (κ2) is 14.0. The van der Waals surface area contributed by atoms with Gasteiger partial charge in [0.15, 0.2) is 0 Å². The van der Waals surface area contributed by atoms with Crippen molar-refractivity contribution in [1.82, 2.24) is 0 Å². The summed E-state index contributed by atoms with van der Waals surface area (Å²) in [6.45, 7) is 7.58. The molecule has 0 aromatic rings. The van der Waals surface area contributed by atoms with Gasteiger partial charge in [-0.25, -0.2) is 9.78 Å². The maximum absolute atomic E-state index is 5.18. The fraction of sp³-hybridized carbons (Fsp3) is 1.00. The lowest BCUT2D eigenvalue weighted by atomic mass is 9.83. The van der Waals surface area contributed by atoms with Crippen molar-refractivity contribution in [2.45, 2.75) is 65.6 Å². The predicted octanol–water partition coefficient (Wildman–Crippen LogP) is 3.77. The van der Waals surface area contributed by atoms with E-state index in [1.807, 2.05) is 0 Å². The van der Waals surface area contributed by atoms with Gasteiger partial charge in [0.2, 0.25) is 0 Å². The Bertz CT molecular complexity index is 134. The summed E-state index contributed by atoms with van der Waals surface area (Å²) in [6, 6.07) is 0. The average molecular weight is 246 g/mol. The van der Waals surface area contributed by atoms with Crippen LogP contribution in [0.3, 0.4) is 0 Å². The lowest BCUT2D eigenvalue weighted by Crippen LogP contribution is -2.23. The Balaban J connectivity index is 3.56. The van der Waals surface area contributed by atoms with Gasteiger partial charge in [0.1, 0.15) is 0 Å². The van der Waals surface area contributed by atoms with E-state index in [9.17, 15) is 0 Å². The largest absolute Gasteiger partial charge is 0.521 e. The maximum Gasteiger partial charge on any atom is 0.521 e. The van der Waals surface area contributed by atoms with Gasteiger partial charge in [-0.3, -0.25) is 9.61 Å². The number of hydrogen-bond donors (Lipinski definition) is 0. The molecule has 0 aliphatic heterocycles. The van der Waals surface area contributed by atoms with Gasteiger partial charge in [-0.1, -0.05) is 46.5 Å². The molecule has 0 fully saturated rings. The van der Waals surface area contributed by atoms with Crippen molar-refractivity contribution in [3.63, 3.8) is 0 Å². The summed E-state index contributed by atoms with van der Waals surface area (Å²) in [5.41, 5.74) is 0. The molecule has 0 heterocycles. The molecule has 0 saturated carbocycles. The SMILES string of the molecule is CCCCOOB(CCCC)OOCCCC. The Morgan fingerprint density at radius 3 is 1.59 bits per heavy atom. The molecule has 0 unspecified atom stereocenters. The molecule has 17 heavy (non-hydrogen) atoms. The smallest absolute Gasteiger partial charge is 0.261 e. The molecule has 0 spiro atoms. The van der Waals surface area contributed by atoms with Gasteiger partial charge < -0.3 is 0 Å². The van der Waals surface area contributed by atoms with E-state index < -0.39 is 7.12 Å². The summed E-state index contributed by atoms with van der Waals surface area (Å²) < 4.78 is 0. The predicted molar refractivity (Wildman–Crippen MR) is 69.4 cm³/mol. The molecule has 0 amide bonds. The topological polar surface area (TPSA) is 36.9 Å². The van der Waals surface area contributed by atoms with Crippen LogP contribution in [0.15, 0.2) is 0 Å². The molecule has 0 rings (SSSR count). The number of rotatable bonds is 13. The summed E-state index contributed by atoms with van der Waals surface area (Å²) in [5, 5.41) is 0. The molecule has 0 bridgehead atoms. The Hall–Kier alpha value is -0.0951. The van der Waals surface area contributed by atoms with Gasteiger partial charge in [-0.05, 0) is 19.2 Å². The lowest BCUT2D eigenvalue weighted by molar-refractivity contribution is -0.283. The monoisotopic (exact) mass is 246 g/mol. The quantitative estimate of drug-likeness (QED) is 0.214.